The number of aryl methyl sites for hydroxylation is 1. The number of nitrogens with one attached hydrogen (secondary N) is 1. The number of aromatic nitrogens is 3. The number of halogens is 2. The van der Waals surface area contributed by atoms with Crippen molar-refractivity contribution in [2.75, 3.05) is 19.0 Å². The summed E-state index contributed by atoms with van der Waals surface area (Å²) in [6.07, 6.45) is 3.30. The average Bonchev–Trinajstić information content (AvgIpc) is 3.15. The van der Waals surface area contributed by atoms with Crippen LogP contribution in [0.1, 0.15) is 17.7 Å². The van der Waals surface area contributed by atoms with Gasteiger partial charge in [0.05, 0.1) is 12.8 Å². The van der Waals surface area contributed by atoms with Crippen LogP contribution in [0.25, 0.3) is 5.52 Å². The Balaban J connectivity index is 1.89. The SMILES string of the molecule is COCCCc1cc2c(NCc3ccco3)nc(Cl)nn2c1Cl. The van der Waals surface area contributed by atoms with E-state index in [9.17, 15) is 0 Å². The summed E-state index contributed by atoms with van der Waals surface area (Å²) in [4.78, 5) is 4.25. The summed E-state index contributed by atoms with van der Waals surface area (Å²) in [6.45, 7) is 1.18. The highest BCUT2D eigenvalue weighted by Gasteiger charge is 2.15. The molecule has 0 aliphatic rings. The predicted molar refractivity (Wildman–Crippen MR) is 89.2 cm³/mol. The van der Waals surface area contributed by atoms with Gasteiger partial charge in [0.25, 0.3) is 0 Å². The van der Waals surface area contributed by atoms with Crippen LogP contribution >= 0.6 is 23.2 Å². The normalized spacial score (nSPS) is 11.3. The van der Waals surface area contributed by atoms with Crippen molar-refractivity contribution in [1.82, 2.24) is 14.6 Å². The number of anilines is 1. The van der Waals surface area contributed by atoms with Gasteiger partial charge in [-0.1, -0.05) is 11.6 Å². The molecular weight excluding hydrogens is 339 g/mol. The maximum Gasteiger partial charge on any atom is 0.243 e. The molecule has 6 nitrogen and oxygen atoms in total. The fourth-order valence-electron chi connectivity index (χ4n) is 2.34. The first-order valence-electron chi connectivity index (χ1n) is 7.18. The second-order valence-corrected chi connectivity index (χ2v) is 5.71. The summed E-state index contributed by atoms with van der Waals surface area (Å²) in [5, 5.41) is 8.05. The first-order valence-corrected chi connectivity index (χ1v) is 7.93. The van der Waals surface area contributed by atoms with E-state index >= 15 is 0 Å². The zero-order valence-corrected chi connectivity index (χ0v) is 14.1. The molecule has 0 atom stereocenters. The zero-order chi connectivity index (χ0) is 16.2. The Bertz CT molecular complexity index is 786. The fraction of sp³-hybridized carbons (Fsp3) is 0.333. The van der Waals surface area contributed by atoms with E-state index in [0.717, 1.165) is 29.7 Å². The van der Waals surface area contributed by atoms with Gasteiger partial charge in [-0.3, -0.25) is 0 Å². The molecule has 3 aromatic rings. The van der Waals surface area contributed by atoms with Crippen LogP contribution in [0.15, 0.2) is 28.9 Å². The van der Waals surface area contributed by atoms with E-state index in [-0.39, 0.29) is 5.28 Å². The molecule has 0 saturated heterocycles. The van der Waals surface area contributed by atoms with Crippen LogP contribution in [-0.4, -0.2) is 28.3 Å². The van der Waals surface area contributed by atoms with E-state index in [1.165, 1.54) is 0 Å². The molecule has 0 amide bonds. The lowest BCUT2D eigenvalue weighted by Gasteiger charge is -2.06. The van der Waals surface area contributed by atoms with Crippen LogP contribution in [0.4, 0.5) is 5.82 Å². The van der Waals surface area contributed by atoms with Crippen molar-refractivity contribution in [2.24, 2.45) is 0 Å². The van der Waals surface area contributed by atoms with Crippen LogP contribution in [0.5, 0.6) is 0 Å². The number of rotatable bonds is 7. The lowest BCUT2D eigenvalue weighted by Crippen LogP contribution is -2.05. The van der Waals surface area contributed by atoms with Crippen LogP contribution < -0.4 is 5.32 Å². The van der Waals surface area contributed by atoms with Gasteiger partial charge in [-0.25, -0.2) is 4.52 Å². The van der Waals surface area contributed by atoms with Crippen molar-refractivity contribution >= 4 is 34.5 Å². The Kier molecular flexibility index (Phi) is 5.05. The number of hydrogen-bond acceptors (Lipinski definition) is 5. The van der Waals surface area contributed by atoms with Crippen LogP contribution in [0.3, 0.4) is 0 Å². The minimum Gasteiger partial charge on any atom is -0.467 e. The van der Waals surface area contributed by atoms with Gasteiger partial charge in [-0.2, -0.15) is 4.98 Å². The number of fused-ring (bicyclic) bond motifs is 1. The lowest BCUT2D eigenvalue weighted by atomic mass is 10.2. The first-order chi connectivity index (χ1) is 11.2. The van der Waals surface area contributed by atoms with Crippen molar-refractivity contribution in [1.29, 1.82) is 0 Å². The monoisotopic (exact) mass is 354 g/mol. The van der Waals surface area contributed by atoms with E-state index in [4.69, 9.17) is 32.4 Å². The molecule has 3 aromatic heterocycles. The van der Waals surface area contributed by atoms with Gasteiger partial charge in [0.2, 0.25) is 5.28 Å². The summed E-state index contributed by atoms with van der Waals surface area (Å²) in [5.41, 5.74) is 1.76. The standard InChI is InChI=1S/C15H16Cl2N4O2/c1-22-6-2-4-10-8-12-14(18-9-11-5-3-7-23-11)19-15(17)20-21(12)13(10)16/h3,5,7-8H,2,4,6,9H2,1H3,(H,18,19,20). The molecule has 0 saturated carbocycles. The molecule has 0 unspecified atom stereocenters. The third kappa shape index (κ3) is 3.60. The van der Waals surface area contributed by atoms with E-state index in [1.807, 2.05) is 18.2 Å². The topological polar surface area (TPSA) is 64.6 Å². The number of methoxy groups -OCH3 is 1. The number of furan rings is 1. The quantitative estimate of drug-likeness (QED) is 0.653. The van der Waals surface area contributed by atoms with Gasteiger partial charge < -0.3 is 14.5 Å². The summed E-state index contributed by atoms with van der Waals surface area (Å²) in [5.74, 6) is 1.41. The second kappa shape index (κ2) is 7.21. The Morgan fingerprint density at radius 1 is 1.39 bits per heavy atom. The van der Waals surface area contributed by atoms with E-state index in [1.54, 1.807) is 17.9 Å². The molecular formula is C15H16Cl2N4O2. The predicted octanol–water partition coefficient (Wildman–Crippen LogP) is 3.82. The summed E-state index contributed by atoms with van der Waals surface area (Å²) >= 11 is 12.4. The molecule has 1 N–H and O–H groups in total. The van der Waals surface area contributed by atoms with Crippen molar-refractivity contribution in [3.63, 3.8) is 0 Å². The molecule has 122 valence electrons. The Labute approximate surface area is 143 Å². The zero-order valence-electron chi connectivity index (χ0n) is 12.6. The number of hydrogen-bond donors (Lipinski definition) is 1. The minimum absolute atomic E-state index is 0.125. The molecule has 3 heterocycles. The summed E-state index contributed by atoms with van der Waals surface area (Å²) < 4.78 is 12.0. The third-order valence-corrected chi connectivity index (χ3v) is 3.99. The smallest absolute Gasteiger partial charge is 0.243 e. The van der Waals surface area contributed by atoms with E-state index < -0.39 is 0 Å². The van der Waals surface area contributed by atoms with Gasteiger partial charge in [0, 0.05) is 13.7 Å². The number of ether oxygens (including phenoxy) is 1. The Morgan fingerprint density at radius 3 is 3.00 bits per heavy atom. The molecule has 0 aliphatic heterocycles. The van der Waals surface area contributed by atoms with Gasteiger partial charge in [-0.15, -0.1) is 5.10 Å². The second-order valence-electron chi connectivity index (χ2n) is 5.02. The summed E-state index contributed by atoms with van der Waals surface area (Å²) in [6, 6.07) is 5.69. The average molecular weight is 355 g/mol. The fourth-order valence-corrected chi connectivity index (χ4v) is 2.78. The molecule has 0 bridgehead atoms. The van der Waals surface area contributed by atoms with Crippen molar-refractivity contribution < 1.29 is 9.15 Å². The molecule has 0 aliphatic carbocycles. The van der Waals surface area contributed by atoms with Crippen molar-refractivity contribution in [3.8, 4) is 0 Å². The molecule has 0 radical (unpaired) electrons. The molecule has 8 heteroatoms. The third-order valence-electron chi connectivity index (χ3n) is 3.42. The van der Waals surface area contributed by atoms with Crippen molar-refractivity contribution in [2.45, 2.75) is 19.4 Å². The van der Waals surface area contributed by atoms with Gasteiger partial charge in [0.15, 0.2) is 5.82 Å². The molecule has 0 spiro atoms. The molecule has 0 aromatic carbocycles. The van der Waals surface area contributed by atoms with E-state index in [2.05, 4.69) is 15.4 Å². The van der Waals surface area contributed by atoms with Crippen LogP contribution in [0.2, 0.25) is 10.4 Å². The Morgan fingerprint density at radius 2 is 2.26 bits per heavy atom. The first kappa shape index (κ1) is 16.1. The molecule has 3 rings (SSSR count). The van der Waals surface area contributed by atoms with Gasteiger partial charge in [-0.05, 0) is 48.2 Å². The largest absolute Gasteiger partial charge is 0.467 e. The van der Waals surface area contributed by atoms with Gasteiger partial charge in [0.1, 0.15) is 16.4 Å². The molecule has 23 heavy (non-hydrogen) atoms. The van der Waals surface area contributed by atoms with Gasteiger partial charge >= 0.3 is 0 Å². The van der Waals surface area contributed by atoms with E-state index in [0.29, 0.717) is 24.1 Å². The van der Waals surface area contributed by atoms with Crippen LogP contribution in [0, 0.1) is 0 Å². The highest BCUT2D eigenvalue weighted by atomic mass is 35.5. The maximum absolute atomic E-state index is 6.41. The highest BCUT2D eigenvalue weighted by Crippen LogP contribution is 2.27. The number of nitrogens with zero attached hydrogens (tertiary/aromatic N) is 3. The highest BCUT2D eigenvalue weighted by molar-refractivity contribution is 6.31. The Hall–Kier alpha value is -1.76. The van der Waals surface area contributed by atoms with Crippen molar-refractivity contribution in [3.05, 3.63) is 46.2 Å². The maximum atomic E-state index is 6.41. The lowest BCUT2D eigenvalue weighted by molar-refractivity contribution is 0.195. The van der Waals surface area contributed by atoms with Crippen LogP contribution in [-0.2, 0) is 17.7 Å². The summed E-state index contributed by atoms with van der Waals surface area (Å²) in [7, 11) is 1.68. The minimum atomic E-state index is 0.125. The molecule has 0 fully saturated rings.